The SMILES string of the molecule is Cc1noc(CCC(=O)Nc2ccccc2C(=O)O)n1. The normalized spacial score (nSPS) is 10.2. The van der Waals surface area contributed by atoms with Gasteiger partial charge in [-0.25, -0.2) is 4.79 Å². The molecule has 104 valence electrons. The van der Waals surface area contributed by atoms with Crippen LogP contribution in [-0.2, 0) is 11.2 Å². The molecule has 1 aromatic carbocycles. The van der Waals surface area contributed by atoms with E-state index in [2.05, 4.69) is 15.5 Å². The second kappa shape index (κ2) is 5.96. The van der Waals surface area contributed by atoms with E-state index in [1.807, 2.05) is 0 Å². The molecule has 2 N–H and O–H groups in total. The molecule has 0 fully saturated rings. The van der Waals surface area contributed by atoms with E-state index >= 15 is 0 Å². The molecule has 2 aromatic rings. The van der Waals surface area contributed by atoms with Crippen LogP contribution in [0.5, 0.6) is 0 Å². The van der Waals surface area contributed by atoms with Crippen LogP contribution in [0, 0.1) is 6.92 Å². The second-order valence-corrected chi connectivity index (χ2v) is 4.13. The molecule has 1 heterocycles. The van der Waals surface area contributed by atoms with Gasteiger partial charge in [-0.3, -0.25) is 4.79 Å². The van der Waals surface area contributed by atoms with E-state index in [0.717, 1.165) is 0 Å². The molecule has 0 spiro atoms. The fraction of sp³-hybridized carbons (Fsp3) is 0.231. The number of carboxylic acid groups (broad SMARTS) is 1. The number of aromatic carboxylic acids is 1. The molecule has 0 aliphatic heterocycles. The molecule has 0 aliphatic carbocycles. The molecular formula is C13H13N3O4. The van der Waals surface area contributed by atoms with Gasteiger partial charge >= 0.3 is 5.97 Å². The lowest BCUT2D eigenvalue weighted by atomic mass is 10.1. The van der Waals surface area contributed by atoms with Crippen molar-refractivity contribution >= 4 is 17.6 Å². The number of hydrogen-bond donors (Lipinski definition) is 2. The zero-order valence-electron chi connectivity index (χ0n) is 10.8. The van der Waals surface area contributed by atoms with Gasteiger partial charge in [-0.1, -0.05) is 17.3 Å². The number of aromatic nitrogens is 2. The summed E-state index contributed by atoms with van der Waals surface area (Å²) in [6.45, 7) is 1.69. The summed E-state index contributed by atoms with van der Waals surface area (Å²) in [7, 11) is 0. The number of anilines is 1. The third-order valence-corrected chi connectivity index (χ3v) is 2.57. The first-order chi connectivity index (χ1) is 9.56. The molecule has 1 aromatic heterocycles. The number of nitrogens with one attached hydrogen (secondary N) is 1. The van der Waals surface area contributed by atoms with Gasteiger partial charge in [0.1, 0.15) is 0 Å². The summed E-state index contributed by atoms with van der Waals surface area (Å²) in [5.74, 6) is -0.510. The summed E-state index contributed by atoms with van der Waals surface area (Å²) >= 11 is 0. The van der Waals surface area contributed by atoms with Gasteiger partial charge in [0.15, 0.2) is 5.82 Å². The number of nitrogens with zero attached hydrogens (tertiary/aromatic N) is 2. The predicted molar refractivity (Wildman–Crippen MR) is 69.4 cm³/mol. The zero-order valence-corrected chi connectivity index (χ0v) is 10.8. The molecule has 0 aliphatic rings. The van der Waals surface area contributed by atoms with Crippen LogP contribution in [0.3, 0.4) is 0 Å². The third kappa shape index (κ3) is 3.41. The topological polar surface area (TPSA) is 105 Å². The maximum atomic E-state index is 11.8. The van der Waals surface area contributed by atoms with Gasteiger partial charge in [0.25, 0.3) is 0 Å². The average Bonchev–Trinajstić information content (AvgIpc) is 2.83. The monoisotopic (exact) mass is 275 g/mol. The fourth-order valence-corrected chi connectivity index (χ4v) is 1.65. The highest BCUT2D eigenvalue weighted by Gasteiger charge is 2.12. The Labute approximate surface area is 114 Å². The molecule has 0 atom stereocenters. The Kier molecular flexibility index (Phi) is 4.09. The number of hydrogen-bond acceptors (Lipinski definition) is 5. The van der Waals surface area contributed by atoms with Gasteiger partial charge < -0.3 is 14.9 Å². The first kappa shape index (κ1) is 13.7. The Hall–Kier alpha value is -2.70. The first-order valence-electron chi connectivity index (χ1n) is 5.97. The molecule has 7 heteroatoms. The molecule has 0 bridgehead atoms. The van der Waals surface area contributed by atoms with Crippen molar-refractivity contribution < 1.29 is 19.2 Å². The van der Waals surface area contributed by atoms with Crippen molar-refractivity contribution in [2.45, 2.75) is 19.8 Å². The average molecular weight is 275 g/mol. The molecule has 1 amide bonds. The summed E-state index contributed by atoms with van der Waals surface area (Å²) in [4.78, 5) is 26.8. The second-order valence-electron chi connectivity index (χ2n) is 4.13. The van der Waals surface area contributed by atoms with Gasteiger partial charge in [-0.2, -0.15) is 4.98 Å². The maximum Gasteiger partial charge on any atom is 0.337 e. The van der Waals surface area contributed by atoms with Gasteiger partial charge in [-0.05, 0) is 19.1 Å². The van der Waals surface area contributed by atoms with Gasteiger partial charge in [-0.15, -0.1) is 0 Å². The van der Waals surface area contributed by atoms with Crippen LogP contribution in [0.4, 0.5) is 5.69 Å². The largest absolute Gasteiger partial charge is 0.478 e. The predicted octanol–water partition coefficient (Wildman–Crippen LogP) is 1.65. The number of carbonyl (C=O) groups excluding carboxylic acids is 1. The number of amides is 1. The lowest BCUT2D eigenvalue weighted by Gasteiger charge is -2.07. The third-order valence-electron chi connectivity index (χ3n) is 2.57. The molecule has 0 saturated heterocycles. The van der Waals surface area contributed by atoms with Crippen molar-refractivity contribution in [3.05, 3.63) is 41.5 Å². The lowest BCUT2D eigenvalue weighted by Crippen LogP contribution is -2.15. The van der Waals surface area contributed by atoms with E-state index in [4.69, 9.17) is 9.63 Å². The highest BCUT2D eigenvalue weighted by molar-refractivity contribution is 6.00. The van der Waals surface area contributed by atoms with Crippen LogP contribution >= 0.6 is 0 Å². The van der Waals surface area contributed by atoms with Crippen molar-refractivity contribution in [1.29, 1.82) is 0 Å². The summed E-state index contributed by atoms with van der Waals surface area (Å²) in [6, 6.07) is 6.22. The number of carboxylic acids is 1. The number of carbonyl (C=O) groups is 2. The quantitative estimate of drug-likeness (QED) is 0.859. The minimum Gasteiger partial charge on any atom is -0.478 e. The van der Waals surface area contributed by atoms with Crippen molar-refractivity contribution in [2.75, 3.05) is 5.32 Å². The van der Waals surface area contributed by atoms with E-state index in [-0.39, 0.29) is 23.6 Å². The zero-order chi connectivity index (χ0) is 14.5. The Balaban J connectivity index is 1.96. The molecule has 20 heavy (non-hydrogen) atoms. The highest BCUT2D eigenvalue weighted by atomic mass is 16.5. The minimum atomic E-state index is -1.09. The standard InChI is InChI=1S/C13H13N3O4/c1-8-14-12(20-16-8)7-6-11(17)15-10-5-3-2-4-9(10)13(18)19/h2-5H,6-7H2,1H3,(H,15,17)(H,18,19). The van der Waals surface area contributed by atoms with Gasteiger partial charge in [0.2, 0.25) is 11.8 Å². The molecule has 7 nitrogen and oxygen atoms in total. The van der Waals surface area contributed by atoms with Gasteiger partial charge in [0, 0.05) is 12.8 Å². The Morgan fingerprint density at radius 3 is 2.75 bits per heavy atom. The summed E-state index contributed by atoms with van der Waals surface area (Å²) in [5, 5.41) is 15.2. The van der Waals surface area contributed by atoms with Crippen molar-refractivity contribution in [2.24, 2.45) is 0 Å². The molecule has 0 unspecified atom stereocenters. The van der Waals surface area contributed by atoms with Crippen LogP contribution in [0.2, 0.25) is 0 Å². The summed E-state index contributed by atoms with van der Waals surface area (Å²) in [6.07, 6.45) is 0.442. The van der Waals surface area contributed by atoms with Crippen molar-refractivity contribution in [3.63, 3.8) is 0 Å². The number of rotatable bonds is 5. The number of aryl methyl sites for hydroxylation is 2. The van der Waals surface area contributed by atoms with E-state index in [1.165, 1.54) is 12.1 Å². The molecule has 0 radical (unpaired) electrons. The summed E-state index contributed by atoms with van der Waals surface area (Å²) < 4.78 is 4.89. The maximum absolute atomic E-state index is 11.8. The Morgan fingerprint density at radius 2 is 2.10 bits per heavy atom. The Morgan fingerprint density at radius 1 is 1.35 bits per heavy atom. The van der Waals surface area contributed by atoms with Crippen molar-refractivity contribution in [3.8, 4) is 0 Å². The molecular weight excluding hydrogens is 262 g/mol. The first-order valence-corrected chi connectivity index (χ1v) is 5.97. The van der Waals surface area contributed by atoms with Crippen LogP contribution in [0.25, 0.3) is 0 Å². The van der Waals surface area contributed by atoms with Crippen LogP contribution in [-0.4, -0.2) is 27.1 Å². The van der Waals surface area contributed by atoms with Crippen LogP contribution < -0.4 is 5.32 Å². The summed E-state index contributed by atoms with van der Waals surface area (Å²) in [5.41, 5.74) is 0.321. The Bertz CT molecular complexity index is 636. The molecule has 2 rings (SSSR count). The van der Waals surface area contributed by atoms with E-state index in [9.17, 15) is 9.59 Å². The van der Waals surface area contributed by atoms with E-state index in [1.54, 1.807) is 19.1 Å². The van der Waals surface area contributed by atoms with Crippen LogP contribution in [0.1, 0.15) is 28.5 Å². The smallest absolute Gasteiger partial charge is 0.337 e. The number of benzene rings is 1. The van der Waals surface area contributed by atoms with Crippen molar-refractivity contribution in [1.82, 2.24) is 10.1 Å². The highest BCUT2D eigenvalue weighted by Crippen LogP contribution is 2.15. The fourth-order valence-electron chi connectivity index (χ4n) is 1.65. The van der Waals surface area contributed by atoms with Gasteiger partial charge in [0.05, 0.1) is 11.3 Å². The molecule has 0 saturated carbocycles. The van der Waals surface area contributed by atoms with E-state index < -0.39 is 5.97 Å². The van der Waals surface area contributed by atoms with Crippen LogP contribution in [0.15, 0.2) is 28.8 Å². The lowest BCUT2D eigenvalue weighted by molar-refractivity contribution is -0.116. The number of para-hydroxylation sites is 1. The minimum absolute atomic E-state index is 0.0504. The van der Waals surface area contributed by atoms with E-state index in [0.29, 0.717) is 18.1 Å².